The minimum Gasteiger partial charge on any atom is -0.396 e. The Labute approximate surface area is 88.6 Å². The first-order valence-corrected chi connectivity index (χ1v) is 5.21. The number of carbonyl (C=O) groups excluding carboxylic acids is 1. The van der Waals surface area contributed by atoms with Crippen LogP contribution in [0.2, 0.25) is 0 Å². The van der Waals surface area contributed by atoms with E-state index in [1.807, 2.05) is 0 Å². The van der Waals surface area contributed by atoms with Gasteiger partial charge >= 0.3 is 0 Å². The monoisotopic (exact) mass is 208 g/mol. The van der Waals surface area contributed by atoms with Gasteiger partial charge in [-0.15, -0.1) is 0 Å². The van der Waals surface area contributed by atoms with Crippen LogP contribution in [0.4, 0.5) is 5.69 Å². The summed E-state index contributed by atoms with van der Waals surface area (Å²) >= 11 is 0. The van der Waals surface area contributed by atoms with Gasteiger partial charge in [-0.05, 0) is 12.3 Å². The molecule has 1 aliphatic rings. The maximum absolute atomic E-state index is 11.7. The number of rotatable bonds is 3. The highest BCUT2D eigenvalue weighted by Crippen LogP contribution is 2.33. The molecule has 1 aromatic heterocycles. The molecule has 2 unspecified atom stereocenters. The Hall–Kier alpha value is -1.52. The van der Waals surface area contributed by atoms with Crippen LogP contribution >= 0.6 is 0 Å². The number of nitrogens with two attached hydrogens (primary N) is 1. The third kappa shape index (κ3) is 1.95. The van der Waals surface area contributed by atoms with Crippen molar-refractivity contribution in [2.45, 2.75) is 25.8 Å². The van der Waals surface area contributed by atoms with Crippen molar-refractivity contribution in [2.24, 2.45) is 13.0 Å². The summed E-state index contributed by atoms with van der Waals surface area (Å²) in [6.45, 7) is 2.13. The van der Waals surface area contributed by atoms with Gasteiger partial charge in [0.1, 0.15) is 0 Å². The van der Waals surface area contributed by atoms with Crippen LogP contribution in [-0.2, 0) is 7.05 Å². The number of hydrogen-bond acceptors (Lipinski definition) is 3. The maximum atomic E-state index is 11.7. The van der Waals surface area contributed by atoms with Crippen molar-refractivity contribution in [1.29, 1.82) is 0 Å². The Morgan fingerprint density at radius 1 is 1.80 bits per heavy atom. The van der Waals surface area contributed by atoms with Crippen molar-refractivity contribution in [3.8, 4) is 0 Å². The van der Waals surface area contributed by atoms with E-state index in [4.69, 9.17) is 5.73 Å². The molecule has 2 rings (SSSR count). The minimum atomic E-state index is -0.158. The molecule has 1 saturated carbocycles. The number of nitrogens with zero attached hydrogens (tertiary/aromatic N) is 2. The third-order valence-electron chi connectivity index (χ3n) is 2.84. The zero-order valence-electron chi connectivity index (χ0n) is 9.03. The smallest absolute Gasteiger partial charge is 0.274 e. The number of amides is 1. The summed E-state index contributed by atoms with van der Waals surface area (Å²) in [5.74, 6) is 0.480. The molecule has 1 amide bonds. The molecular weight excluding hydrogens is 192 g/mol. The molecule has 0 radical (unpaired) electrons. The number of nitrogen functional groups attached to an aromatic ring is 1. The van der Waals surface area contributed by atoms with Gasteiger partial charge in [0.15, 0.2) is 5.69 Å². The first-order chi connectivity index (χ1) is 7.11. The molecule has 0 spiro atoms. The Morgan fingerprint density at radius 3 is 3.00 bits per heavy atom. The van der Waals surface area contributed by atoms with Crippen molar-refractivity contribution in [3.05, 3.63) is 11.9 Å². The van der Waals surface area contributed by atoms with Crippen molar-refractivity contribution in [2.75, 3.05) is 5.73 Å². The molecule has 1 aromatic rings. The van der Waals surface area contributed by atoms with Crippen LogP contribution in [0.5, 0.6) is 0 Å². The van der Waals surface area contributed by atoms with Gasteiger partial charge in [0.05, 0.1) is 5.69 Å². The second-order valence-electron chi connectivity index (χ2n) is 4.09. The van der Waals surface area contributed by atoms with Gasteiger partial charge in [0.2, 0.25) is 0 Å². The standard InChI is InChI=1S/C10H16N4O/c1-3-6-4-8(6)12-10(15)9-7(11)5-14(2)13-9/h5-6,8H,3-4,11H2,1-2H3,(H,12,15). The van der Waals surface area contributed by atoms with Gasteiger partial charge in [0.25, 0.3) is 5.91 Å². The quantitative estimate of drug-likeness (QED) is 0.761. The fraction of sp³-hybridized carbons (Fsp3) is 0.600. The lowest BCUT2D eigenvalue weighted by molar-refractivity contribution is 0.0944. The van der Waals surface area contributed by atoms with Crippen molar-refractivity contribution >= 4 is 11.6 Å². The van der Waals surface area contributed by atoms with Gasteiger partial charge in [-0.3, -0.25) is 9.48 Å². The molecule has 0 bridgehead atoms. The van der Waals surface area contributed by atoms with E-state index in [0.29, 0.717) is 23.3 Å². The first kappa shape index (κ1) is 10.0. The lowest BCUT2D eigenvalue weighted by Crippen LogP contribution is -2.27. The van der Waals surface area contributed by atoms with Gasteiger partial charge < -0.3 is 11.1 Å². The first-order valence-electron chi connectivity index (χ1n) is 5.21. The number of carbonyl (C=O) groups is 1. The van der Waals surface area contributed by atoms with Crippen LogP contribution in [0, 0.1) is 5.92 Å². The van der Waals surface area contributed by atoms with Crippen molar-refractivity contribution in [3.63, 3.8) is 0 Å². The van der Waals surface area contributed by atoms with Gasteiger partial charge in [-0.1, -0.05) is 13.3 Å². The SMILES string of the molecule is CCC1CC1NC(=O)c1nn(C)cc1N. The number of anilines is 1. The molecule has 5 nitrogen and oxygen atoms in total. The molecular formula is C10H16N4O. The van der Waals surface area contributed by atoms with Gasteiger partial charge in [-0.2, -0.15) is 5.10 Å². The predicted molar refractivity (Wildman–Crippen MR) is 57.3 cm³/mol. The summed E-state index contributed by atoms with van der Waals surface area (Å²) in [6.07, 6.45) is 3.83. The topological polar surface area (TPSA) is 72.9 Å². The van der Waals surface area contributed by atoms with Crippen molar-refractivity contribution in [1.82, 2.24) is 15.1 Å². The fourth-order valence-corrected chi connectivity index (χ4v) is 1.80. The van der Waals surface area contributed by atoms with Crippen LogP contribution in [0.25, 0.3) is 0 Å². The van der Waals surface area contributed by atoms with Gasteiger partial charge in [-0.25, -0.2) is 0 Å². The lowest BCUT2D eigenvalue weighted by atomic mass is 10.3. The molecule has 15 heavy (non-hydrogen) atoms. The average molecular weight is 208 g/mol. The van der Waals surface area contributed by atoms with Crippen LogP contribution in [0.3, 0.4) is 0 Å². The van der Waals surface area contributed by atoms with E-state index in [-0.39, 0.29) is 5.91 Å². The molecule has 0 aromatic carbocycles. The average Bonchev–Trinajstić information content (AvgIpc) is 2.83. The summed E-state index contributed by atoms with van der Waals surface area (Å²) in [5, 5.41) is 6.95. The number of aromatic nitrogens is 2. The minimum absolute atomic E-state index is 0.158. The van der Waals surface area contributed by atoms with E-state index in [0.717, 1.165) is 12.8 Å². The lowest BCUT2D eigenvalue weighted by Gasteiger charge is -2.01. The maximum Gasteiger partial charge on any atom is 0.274 e. The van der Waals surface area contributed by atoms with Crippen LogP contribution in [-0.4, -0.2) is 21.7 Å². The summed E-state index contributed by atoms with van der Waals surface area (Å²) in [4.78, 5) is 11.7. The third-order valence-corrected chi connectivity index (χ3v) is 2.84. The zero-order valence-corrected chi connectivity index (χ0v) is 9.03. The van der Waals surface area contributed by atoms with Gasteiger partial charge in [0, 0.05) is 19.3 Å². The highest BCUT2D eigenvalue weighted by molar-refractivity contribution is 5.97. The largest absolute Gasteiger partial charge is 0.396 e. The molecule has 0 saturated heterocycles. The molecule has 1 fully saturated rings. The molecule has 1 heterocycles. The van der Waals surface area contributed by atoms with E-state index in [1.54, 1.807) is 17.9 Å². The Kier molecular flexibility index (Phi) is 2.38. The highest BCUT2D eigenvalue weighted by atomic mass is 16.2. The second kappa shape index (κ2) is 3.56. The fourth-order valence-electron chi connectivity index (χ4n) is 1.80. The summed E-state index contributed by atoms with van der Waals surface area (Å²) in [6, 6.07) is 0.323. The summed E-state index contributed by atoms with van der Waals surface area (Å²) in [7, 11) is 1.75. The number of hydrogen-bond donors (Lipinski definition) is 2. The second-order valence-corrected chi connectivity index (χ2v) is 4.09. The van der Waals surface area contributed by atoms with E-state index >= 15 is 0 Å². The summed E-state index contributed by atoms with van der Waals surface area (Å²) < 4.78 is 1.55. The molecule has 5 heteroatoms. The molecule has 2 atom stereocenters. The highest BCUT2D eigenvalue weighted by Gasteiger charge is 2.37. The number of nitrogens with one attached hydrogen (secondary N) is 1. The van der Waals surface area contributed by atoms with Crippen LogP contribution < -0.4 is 11.1 Å². The molecule has 1 aliphatic carbocycles. The van der Waals surface area contributed by atoms with E-state index < -0.39 is 0 Å². The molecule has 3 N–H and O–H groups in total. The van der Waals surface area contributed by atoms with Crippen LogP contribution in [0.1, 0.15) is 30.3 Å². The predicted octanol–water partition coefficient (Wildman–Crippen LogP) is 0.531. The van der Waals surface area contributed by atoms with E-state index in [2.05, 4.69) is 17.3 Å². The Balaban J connectivity index is 1.99. The normalized spacial score (nSPS) is 23.9. The van der Waals surface area contributed by atoms with Crippen LogP contribution in [0.15, 0.2) is 6.20 Å². The molecule has 82 valence electrons. The summed E-state index contributed by atoms with van der Waals surface area (Å²) in [5.41, 5.74) is 6.43. The van der Waals surface area contributed by atoms with Crippen molar-refractivity contribution < 1.29 is 4.79 Å². The van der Waals surface area contributed by atoms with E-state index in [1.165, 1.54) is 0 Å². The number of aryl methyl sites for hydroxylation is 1. The Bertz CT molecular complexity index is 385. The zero-order chi connectivity index (χ0) is 11.0. The van der Waals surface area contributed by atoms with E-state index in [9.17, 15) is 4.79 Å². The molecule has 0 aliphatic heterocycles. The Morgan fingerprint density at radius 2 is 2.53 bits per heavy atom.